The van der Waals surface area contributed by atoms with E-state index in [1.807, 2.05) is 81.9 Å². The first kappa shape index (κ1) is 48.1. The van der Waals surface area contributed by atoms with Gasteiger partial charge in [0.25, 0.3) is 0 Å². The number of fused-ring (bicyclic) bond motifs is 3. The number of aliphatic hydroxyl groups excluding tert-OH is 1. The fraction of sp³-hybridized carbons (Fsp3) is 0.519. The number of nitrogens with zero attached hydrogens (tertiary/aromatic N) is 9. The molecule has 4 unspecified atom stereocenters. The van der Waals surface area contributed by atoms with Crippen LogP contribution in [0.3, 0.4) is 0 Å². The Morgan fingerprint density at radius 3 is 2.43 bits per heavy atom. The van der Waals surface area contributed by atoms with E-state index in [2.05, 4.69) is 51.9 Å². The van der Waals surface area contributed by atoms with Crippen LogP contribution in [0.5, 0.6) is 5.75 Å². The third-order valence-corrected chi connectivity index (χ3v) is 17.4. The van der Waals surface area contributed by atoms with Crippen LogP contribution in [-0.2, 0) is 20.9 Å². The minimum absolute atomic E-state index is 0.0440. The Hall–Kier alpha value is -6.24. The van der Waals surface area contributed by atoms with Gasteiger partial charge in [-0.3, -0.25) is 14.4 Å². The summed E-state index contributed by atoms with van der Waals surface area (Å²) in [5.74, 6) is 1.20. The highest BCUT2D eigenvalue weighted by Crippen LogP contribution is 2.60. The number of carbonyl (C=O) groups is 3. The van der Waals surface area contributed by atoms with Gasteiger partial charge in [-0.25, -0.2) is 15.0 Å². The van der Waals surface area contributed by atoms with E-state index < -0.39 is 23.6 Å². The maximum atomic E-state index is 14.3. The van der Waals surface area contributed by atoms with Crippen LogP contribution in [0.15, 0.2) is 72.4 Å². The topological polar surface area (TPSA) is 205 Å². The largest absolute Gasteiger partial charge is 0.507 e. The second kappa shape index (κ2) is 19.3. The summed E-state index contributed by atoms with van der Waals surface area (Å²) in [4.78, 5) is 66.0. The number of rotatable bonds is 11. The standard InChI is InChI=1S/C54H66N12O5S/c1-32-46(72-31-58-32)35-11-9-33(10-12-35)27-57-50(70)44-21-39(67)30-66(44)51(71)47(53(2,3)4)60-49(69)36-23-54(24-36)25-37(26-54)63-17-14-34(15-18-63)41-13-16-55-52(59-41)64-19-20-65-38(29-64)28-56-48-43(65)22-42(61-62-48)40-7-5-6-8-45(40)68/h5-13,16,22,31,34,36-39,44,47,67-68H,14-15,17-21,23-30H2,1-4H3,(H,56,62)(H,57,70)(H,60,69). The van der Waals surface area contributed by atoms with Crippen molar-refractivity contribution in [3.05, 3.63) is 89.3 Å². The number of carbonyl (C=O) groups excluding carboxylic acids is 3. The number of aryl methyl sites for hydroxylation is 1. The van der Waals surface area contributed by atoms with Crippen LogP contribution in [0.4, 0.5) is 17.5 Å². The van der Waals surface area contributed by atoms with Crippen molar-refractivity contribution in [2.45, 2.75) is 115 Å². The fourth-order valence-electron chi connectivity index (χ4n) is 12.3. The summed E-state index contributed by atoms with van der Waals surface area (Å²) in [7, 11) is 0. The van der Waals surface area contributed by atoms with Gasteiger partial charge in [0, 0.05) is 81.0 Å². The van der Waals surface area contributed by atoms with Crippen LogP contribution in [0.1, 0.15) is 88.6 Å². The lowest BCUT2D eigenvalue weighted by Gasteiger charge is -2.60. The monoisotopic (exact) mass is 994 g/mol. The molecule has 2 aromatic carbocycles. The van der Waals surface area contributed by atoms with Gasteiger partial charge in [0.05, 0.1) is 39.6 Å². The number of nitrogens with one attached hydrogen (secondary N) is 3. The molecule has 2 aliphatic carbocycles. The third-order valence-electron chi connectivity index (χ3n) is 16.4. The summed E-state index contributed by atoms with van der Waals surface area (Å²) in [6, 6.07) is 18.4. The smallest absolute Gasteiger partial charge is 0.246 e. The number of aliphatic hydroxyl groups is 1. The molecule has 1 spiro atoms. The van der Waals surface area contributed by atoms with Gasteiger partial charge in [-0.05, 0) is 105 Å². The molecule has 2 saturated carbocycles. The van der Waals surface area contributed by atoms with Crippen molar-refractivity contribution in [3.8, 4) is 27.4 Å². The number of amides is 3. The van der Waals surface area contributed by atoms with E-state index in [-0.39, 0.29) is 53.8 Å². The molecule has 11 rings (SSSR count). The maximum Gasteiger partial charge on any atom is 0.246 e. The number of likely N-dealkylation sites (tertiary alicyclic amines) is 2. The lowest BCUT2D eigenvalue weighted by Crippen LogP contribution is -2.62. The van der Waals surface area contributed by atoms with Gasteiger partial charge in [0.2, 0.25) is 23.7 Å². The zero-order valence-corrected chi connectivity index (χ0v) is 42.4. The number of thiazole rings is 1. The first-order valence-corrected chi connectivity index (χ1v) is 26.6. The molecule has 18 heteroatoms. The van der Waals surface area contributed by atoms with Crippen LogP contribution in [0.25, 0.3) is 21.7 Å². The summed E-state index contributed by atoms with van der Waals surface area (Å²) in [5, 5.41) is 39.7. The number of aromatic hydroxyl groups is 1. The molecule has 5 fully saturated rings. The van der Waals surface area contributed by atoms with Crippen molar-refractivity contribution < 1.29 is 24.6 Å². The Bertz CT molecular complexity index is 2810. The number of phenols is 1. The fourth-order valence-corrected chi connectivity index (χ4v) is 13.1. The van der Waals surface area contributed by atoms with E-state index in [9.17, 15) is 24.6 Å². The first-order chi connectivity index (χ1) is 34.7. The Morgan fingerprint density at radius 1 is 0.917 bits per heavy atom. The van der Waals surface area contributed by atoms with Crippen molar-refractivity contribution in [3.63, 3.8) is 0 Å². The molecule has 3 aromatic heterocycles. The molecule has 4 aliphatic heterocycles. The minimum Gasteiger partial charge on any atom is -0.507 e. The van der Waals surface area contributed by atoms with Crippen LogP contribution in [0, 0.1) is 23.7 Å². The van der Waals surface area contributed by atoms with E-state index in [0.29, 0.717) is 29.8 Å². The quantitative estimate of drug-likeness (QED) is 0.107. The van der Waals surface area contributed by atoms with Gasteiger partial charge in [0.1, 0.15) is 17.8 Å². The number of piperidine rings is 1. The number of piperazine rings is 1. The number of para-hydroxylation sites is 1. The lowest BCUT2D eigenvalue weighted by atomic mass is 9.49. The Labute approximate surface area is 424 Å². The summed E-state index contributed by atoms with van der Waals surface area (Å²) in [6.45, 7) is 13.3. The SMILES string of the molecule is Cc1ncsc1-c1ccc(CNC(=O)C2CC(O)CN2C(=O)C(NC(=O)C2CC3(C2)CC(N2CCC(c4ccnc(N5CCN6c7cc(-c8ccccc8O)nnc7NCC6C5)n4)CC2)C3)C(C)(C)C)cc1. The predicted octanol–water partition coefficient (Wildman–Crippen LogP) is 5.74. The van der Waals surface area contributed by atoms with Crippen molar-refractivity contribution in [2.24, 2.45) is 16.7 Å². The van der Waals surface area contributed by atoms with Crippen molar-refractivity contribution in [1.82, 2.24) is 45.6 Å². The molecule has 7 heterocycles. The second-order valence-electron chi connectivity index (χ2n) is 22.3. The highest BCUT2D eigenvalue weighted by Gasteiger charge is 2.57. The predicted molar refractivity (Wildman–Crippen MR) is 276 cm³/mol. The van der Waals surface area contributed by atoms with E-state index in [4.69, 9.17) is 9.97 Å². The molecule has 5 N–H and O–H groups in total. The molecule has 378 valence electrons. The number of benzene rings is 2. The third kappa shape index (κ3) is 9.48. The highest BCUT2D eigenvalue weighted by atomic mass is 32.1. The summed E-state index contributed by atoms with van der Waals surface area (Å²) in [6.07, 6.45) is 7.15. The average molecular weight is 995 g/mol. The van der Waals surface area contributed by atoms with Gasteiger partial charge in [-0.1, -0.05) is 57.2 Å². The van der Waals surface area contributed by atoms with E-state index in [1.165, 1.54) is 4.90 Å². The zero-order chi connectivity index (χ0) is 49.9. The van der Waals surface area contributed by atoms with E-state index in [0.717, 1.165) is 123 Å². The zero-order valence-electron chi connectivity index (χ0n) is 41.6. The van der Waals surface area contributed by atoms with Crippen LogP contribution in [-0.4, -0.2) is 139 Å². The van der Waals surface area contributed by atoms with Gasteiger partial charge in [0.15, 0.2) is 5.82 Å². The highest BCUT2D eigenvalue weighted by molar-refractivity contribution is 7.13. The molecular weight excluding hydrogens is 929 g/mol. The molecule has 72 heavy (non-hydrogen) atoms. The van der Waals surface area contributed by atoms with Crippen molar-refractivity contribution in [2.75, 3.05) is 60.9 Å². The van der Waals surface area contributed by atoms with E-state index in [1.54, 1.807) is 23.5 Å². The van der Waals surface area contributed by atoms with Gasteiger partial charge < -0.3 is 45.8 Å². The Morgan fingerprint density at radius 2 is 1.69 bits per heavy atom. The molecule has 0 bridgehead atoms. The van der Waals surface area contributed by atoms with Gasteiger partial charge in [-0.15, -0.1) is 21.5 Å². The number of phenolic OH excluding ortho intramolecular Hbond substituents is 1. The number of hydrogen-bond acceptors (Lipinski definition) is 15. The maximum absolute atomic E-state index is 14.3. The average Bonchev–Trinajstić information content (AvgIpc) is 3.98. The molecular formula is C54H66N12O5S. The second-order valence-corrected chi connectivity index (χ2v) is 23.2. The number of β-amino-alcohol motifs (C(OH)–C–C–N with tert-alkyl or cyclic N) is 1. The molecule has 4 atom stereocenters. The van der Waals surface area contributed by atoms with Gasteiger partial charge >= 0.3 is 0 Å². The lowest BCUT2D eigenvalue weighted by molar-refractivity contribution is -0.150. The van der Waals surface area contributed by atoms with Crippen molar-refractivity contribution in [1.29, 1.82) is 0 Å². The number of anilines is 3. The first-order valence-electron chi connectivity index (χ1n) is 25.7. The minimum atomic E-state index is -0.841. The molecule has 5 aromatic rings. The molecule has 17 nitrogen and oxygen atoms in total. The van der Waals surface area contributed by atoms with Crippen molar-refractivity contribution >= 4 is 46.5 Å². The van der Waals surface area contributed by atoms with Crippen LogP contribution >= 0.6 is 11.3 Å². The Balaban J connectivity index is 0.637. The summed E-state index contributed by atoms with van der Waals surface area (Å²) in [5.41, 5.74) is 7.79. The Kier molecular flexibility index (Phi) is 12.9. The normalized spacial score (nSPS) is 25.7. The van der Waals surface area contributed by atoms with Gasteiger partial charge in [-0.2, -0.15) is 0 Å². The number of hydrogen-bond donors (Lipinski definition) is 5. The molecule has 0 radical (unpaired) electrons. The summed E-state index contributed by atoms with van der Waals surface area (Å²) < 4.78 is 0. The van der Waals surface area contributed by atoms with Crippen LogP contribution < -0.4 is 25.8 Å². The summed E-state index contributed by atoms with van der Waals surface area (Å²) >= 11 is 1.59. The molecule has 6 aliphatic rings. The number of aromatic nitrogens is 5. The molecule has 3 amide bonds. The molecule has 3 saturated heterocycles. The van der Waals surface area contributed by atoms with E-state index >= 15 is 0 Å². The van der Waals surface area contributed by atoms with Crippen LogP contribution in [0.2, 0.25) is 0 Å².